The maximum atomic E-state index is 13.4. The summed E-state index contributed by atoms with van der Waals surface area (Å²) >= 11 is 0. The monoisotopic (exact) mass is 465 g/mol. The average Bonchev–Trinajstić information content (AvgIpc) is 2.75. The highest BCUT2D eigenvalue weighted by atomic mass is 32.2. The van der Waals surface area contributed by atoms with E-state index in [4.69, 9.17) is 11.5 Å². The summed E-state index contributed by atoms with van der Waals surface area (Å²) in [6.45, 7) is 1.54. The third kappa shape index (κ3) is 3.65. The predicted octanol–water partition coefficient (Wildman–Crippen LogP) is 2.54. The molecule has 0 aromatic heterocycles. The van der Waals surface area contributed by atoms with E-state index < -0.39 is 38.0 Å². The molecule has 0 aliphatic heterocycles. The summed E-state index contributed by atoms with van der Waals surface area (Å²) in [4.78, 5) is 37.1. The van der Waals surface area contributed by atoms with Gasteiger partial charge in [-0.25, -0.2) is 0 Å². The van der Waals surface area contributed by atoms with Crippen LogP contribution in [-0.4, -0.2) is 36.9 Å². The topological polar surface area (TPSA) is 170 Å². The van der Waals surface area contributed by atoms with Crippen LogP contribution in [0.2, 0.25) is 0 Å². The molecular formula is C23H19N3O6S. The van der Waals surface area contributed by atoms with Crippen LogP contribution in [0.5, 0.6) is 0 Å². The highest BCUT2D eigenvalue weighted by Gasteiger charge is 2.38. The summed E-state index contributed by atoms with van der Waals surface area (Å²) in [6.07, 6.45) is 0. The molecule has 3 aromatic rings. The number of anilines is 3. The van der Waals surface area contributed by atoms with Crippen LogP contribution in [0, 0.1) is 0 Å². The third-order valence-electron chi connectivity index (χ3n) is 5.37. The van der Waals surface area contributed by atoms with E-state index in [-0.39, 0.29) is 40.1 Å². The SMILES string of the molecule is CC(=O)CNc1ccc(-c2c(N)c(S(=O)(=O)O)c(N)c3c2C(=O)c2ccccc2C3=O)cc1. The first kappa shape index (κ1) is 22.2. The number of nitrogens with two attached hydrogens (primary N) is 2. The molecule has 0 unspecified atom stereocenters. The van der Waals surface area contributed by atoms with E-state index in [0.29, 0.717) is 11.3 Å². The van der Waals surface area contributed by atoms with Gasteiger partial charge in [0.15, 0.2) is 11.6 Å². The molecule has 0 atom stereocenters. The molecule has 1 aliphatic carbocycles. The van der Waals surface area contributed by atoms with Crippen molar-refractivity contribution in [3.05, 3.63) is 70.8 Å². The molecule has 168 valence electrons. The Morgan fingerprint density at radius 2 is 1.39 bits per heavy atom. The summed E-state index contributed by atoms with van der Waals surface area (Å²) in [5.41, 5.74) is 11.8. The second-order valence-electron chi connectivity index (χ2n) is 7.59. The minimum atomic E-state index is -4.94. The molecule has 6 N–H and O–H groups in total. The van der Waals surface area contributed by atoms with Crippen molar-refractivity contribution in [2.45, 2.75) is 11.8 Å². The van der Waals surface area contributed by atoms with E-state index >= 15 is 0 Å². The van der Waals surface area contributed by atoms with Crippen LogP contribution >= 0.6 is 0 Å². The molecule has 4 rings (SSSR count). The van der Waals surface area contributed by atoms with Crippen molar-refractivity contribution in [3.8, 4) is 11.1 Å². The van der Waals surface area contributed by atoms with Gasteiger partial charge in [-0.1, -0.05) is 36.4 Å². The van der Waals surface area contributed by atoms with Crippen LogP contribution in [-0.2, 0) is 14.9 Å². The van der Waals surface area contributed by atoms with Gasteiger partial charge >= 0.3 is 0 Å². The summed E-state index contributed by atoms with van der Waals surface area (Å²) in [5, 5.41) is 2.92. The fraction of sp³-hybridized carbons (Fsp3) is 0.0870. The van der Waals surface area contributed by atoms with Crippen molar-refractivity contribution in [2.24, 2.45) is 0 Å². The fourth-order valence-corrected chi connectivity index (χ4v) is 4.70. The fourth-order valence-electron chi connectivity index (χ4n) is 3.94. The van der Waals surface area contributed by atoms with Crippen LogP contribution < -0.4 is 16.8 Å². The second kappa shape index (κ2) is 7.84. The molecule has 0 fully saturated rings. The summed E-state index contributed by atoms with van der Waals surface area (Å²) in [6, 6.07) is 12.4. The van der Waals surface area contributed by atoms with Crippen LogP contribution in [0.4, 0.5) is 17.1 Å². The number of carbonyl (C=O) groups excluding carboxylic acids is 3. The van der Waals surface area contributed by atoms with Gasteiger partial charge in [0.2, 0.25) is 0 Å². The van der Waals surface area contributed by atoms with E-state index in [1.54, 1.807) is 36.4 Å². The maximum absolute atomic E-state index is 13.4. The first-order valence-electron chi connectivity index (χ1n) is 9.77. The van der Waals surface area contributed by atoms with Crippen LogP contribution in [0.1, 0.15) is 38.8 Å². The Hall–Kier alpha value is -4.02. The lowest BCUT2D eigenvalue weighted by atomic mass is 9.79. The van der Waals surface area contributed by atoms with Crippen molar-refractivity contribution in [1.82, 2.24) is 0 Å². The number of carbonyl (C=O) groups is 3. The van der Waals surface area contributed by atoms with Crippen LogP contribution in [0.25, 0.3) is 11.1 Å². The summed E-state index contributed by atoms with van der Waals surface area (Å²) in [5.74, 6) is -1.27. The molecular weight excluding hydrogens is 446 g/mol. The predicted molar refractivity (Wildman–Crippen MR) is 123 cm³/mol. The largest absolute Gasteiger partial charge is 0.397 e. The number of hydrogen-bond acceptors (Lipinski definition) is 8. The first-order chi connectivity index (χ1) is 15.5. The first-order valence-corrected chi connectivity index (χ1v) is 11.2. The van der Waals surface area contributed by atoms with Gasteiger partial charge in [-0.05, 0) is 24.6 Å². The van der Waals surface area contributed by atoms with Gasteiger partial charge in [-0.3, -0.25) is 18.9 Å². The van der Waals surface area contributed by atoms with Crippen LogP contribution in [0.3, 0.4) is 0 Å². The number of nitrogen functional groups attached to an aromatic ring is 2. The number of benzene rings is 3. The Balaban J connectivity index is 2.03. The van der Waals surface area contributed by atoms with Gasteiger partial charge in [0, 0.05) is 27.9 Å². The Labute approximate surface area is 189 Å². The number of Topliss-reactive ketones (excluding diaryl/α,β-unsaturated/α-hetero) is 1. The van der Waals surface area contributed by atoms with Crippen molar-refractivity contribution in [2.75, 3.05) is 23.3 Å². The molecule has 33 heavy (non-hydrogen) atoms. The molecule has 0 radical (unpaired) electrons. The molecule has 3 aromatic carbocycles. The van der Waals surface area contributed by atoms with Crippen molar-refractivity contribution >= 4 is 44.5 Å². The molecule has 0 saturated heterocycles. The Morgan fingerprint density at radius 1 is 0.879 bits per heavy atom. The van der Waals surface area contributed by atoms with Gasteiger partial charge in [-0.2, -0.15) is 8.42 Å². The van der Waals surface area contributed by atoms with Crippen molar-refractivity contribution in [3.63, 3.8) is 0 Å². The molecule has 0 spiro atoms. The second-order valence-corrected chi connectivity index (χ2v) is 8.95. The van der Waals surface area contributed by atoms with E-state index in [1.165, 1.54) is 19.1 Å². The lowest BCUT2D eigenvalue weighted by molar-refractivity contribution is -0.115. The van der Waals surface area contributed by atoms with Crippen molar-refractivity contribution < 1.29 is 27.4 Å². The Morgan fingerprint density at radius 3 is 1.91 bits per heavy atom. The number of fused-ring (bicyclic) bond motifs is 2. The zero-order chi connectivity index (χ0) is 24.1. The van der Waals surface area contributed by atoms with Gasteiger partial charge in [0.1, 0.15) is 10.7 Å². The number of nitrogens with one attached hydrogen (secondary N) is 1. The Bertz CT molecular complexity index is 1460. The third-order valence-corrected chi connectivity index (χ3v) is 6.33. The zero-order valence-corrected chi connectivity index (χ0v) is 18.2. The molecule has 1 aliphatic rings. The zero-order valence-electron chi connectivity index (χ0n) is 17.4. The van der Waals surface area contributed by atoms with E-state index in [1.807, 2.05) is 0 Å². The molecule has 0 heterocycles. The molecule has 10 heteroatoms. The molecule has 9 nitrogen and oxygen atoms in total. The smallest absolute Gasteiger partial charge is 0.298 e. The minimum Gasteiger partial charge on any atom is -0.397 e. The number of hydrogen-bond donors (Lipinski definition) is 4. The van der Waals surface area contributed by atoms with E-state index in [2.05, 4.69) is 5.32 Å². The van der Waals surface area contributed by atoms with Crippen LogP contribution in [0.15, 0.2) is 53.4 Å². The van der Waals surface area contributed by atoms with Gasteiger partial charge in [0.25, 0.3) is 10.1 Å². The quantitative estimate of drug-likeness (QED) is 0.255. The summed E-state index contributed by atoms with van der Waals surface area (Å²) < 4.78 is 34.1. The lowest BCUT2D eigenvalue weighted by Crippen LogP contribution is -2.26. The maximum Gasteiger partial charge on any atom is 0.298 e. The standard InChI is InChI=1S/C23H19N3O6S/c1-11(27)10-26-13-8-6-12(7-9-13)16-17-18(20(25)23(19(16)24)33(30,31)32)22(29)15-5-3-2-4-14(15)21(17)28/h2-9,26H,10,24-25H2,1H3,(H,30,31,32). The highest BCUT2D eigenvalue weighted by molar-refractivity contribution is 7.86. The number of rotatable bonds is 5. The molecule has 0 saturated carbocycles. The normalized spacial score (nSPS) is 12.8. The minimum absolute atomic E-state index is 0.0298. The molecule has 0 amide bonds. The van der Waals surface area contributed by atoms with E-state index in [0.717, 1.165) is 0 Å². The average molecular weight is 465 g/mol. The summed E-state index contributed by atoms with van der Waals surface area (Å²) in [7, 11) is -4.94. The van der Waals surface area contributed by atoms with Crippen molar-refractivity contribution in [1.29, 1.82) is 0 Å². The molecule has 0 bridgehead atoms. The lowest BCUT2D eigenvalue weighted by Gasteiger charge is -2.25. The highest BCUT2D eigenvalue weighted by Crippen LogP contribution is 2.45. The number of ketones is 3. The van der Waals surface area contributed by atoms with Gasteiger partial charge < -0.3 is 16.8 Å². The van der Waals surface area contributed by atoms with E-state index in [9.17, 15) is 27.4 Å². The van der Waals surface area contributed by atoms with Gasteiger partial charge in [0.05, 0.1) is 23.5 Å². The Kier molecular flexibility index (Phi) is 5.27. The van der Waals surface area contributed by atoms with Gasteiger partial charge in [-0.15, -0.1) is 0 Å².